The number of pyridine rings is 1. The van der Waals surface area contributed by atoms with Crippen LogP contribution < -0.4 is 0 Å². The summed E-state index contributed by atoms with van der Waals surface area (Å²) in [6.45, 7) is 3.59. The standard InChI is InChI=1S/C9H9ClN2O2S/c1-6-3-4-12-7(2)9(15(10,13)14)11-8(12)5-6/h3-5H,1-2H3. The highest BCUT2D eigenvalue weighted by atomic mass is 35.7. The van der Waals surface area contributed by atoms with Crippen molar-refractivity contribution in [2.45, 2.75) is 18.9 Å². The third-order valence-corrected chi connectivity index (χ3v) is 3.50. The summed E-state index contributed by atoms with van der Waals surface area (Å²) in [5.74, 6) is 0. The molecule has 0 spiro atoms. The fourth-order valence-electron chi connectivity index (χ4n) is 1.48. The summed E-state index contributed by atoms with van der Waals surface area (Å²) in [6, 6.07) is 3.69. The molecule has 6 heteroatoms. The van der Waals surface area contributed by atoms with Gasteiger partial charge in [-0.25, -0.2) is 13.4 Å². The number of halogens is 1. The van der Waals surface area contributed by atoms with Crippen molar-refractivity contribution in [3.8, 4) is 0 Å². The number of rotatable bonds is 1. The van der Waals surface area contributed by atoms with Gasteiger partial charge in [0.2, 0.25) is 0 Å². The zero-order valence-corrected chi connectivity index (χ0v) is 9.80. The van der Waals surface area contributed by atoms with Crippen LogP contribution in [-0.4, -0.2) is 17.8 Å². The second-order valence-electron chi connectivity index (χ2n) is 3.37. The summed E-state index contributed by atoms with van der Waals surface area (Å²) in [5, 5.41) is -0.0743. The van der Waals surface area contributed by atoms with Crippen molar-refractivity contribution in [2.24, 2.45) is 0 Å². The number of nitrogens with zero attached hydrogens (tertiary/aromatic N) is 2. The van der Waals surface area contributed by atoms with Crippen LogP contribution in [0.3, 0.4) is 0 Å². The smallest absolute Gasteiger partial charge is 0.280 e. The van der Waals surface area contributed by atoms with Crippen LogP contribution in [0.2, 0.25) is 0 Å². The summed E-state index contributed by atoms with van der Waals surface area (Å²) in [4.78, 5) is 3.99. The predicted molar refractivity (Wildman–Crippen MR) is 57.7 cm³/mol. The van der Waals surface area contributed by atoms with Crippen molar-refractivity contribution in [1.82, 2.24) is 9.38 Å². The molecular formula is C9H9ClN2O2S. The maximum atomic E-state index is 11.2. The Morgan fingerprint density at radius 3 is 2.67 bits per heavy atom. The Balaban J connectivity index is 2.87. The molecule has 0 fully saturated rings. The van der Waals surface area contributed by atoms with Crippen LogP contribution in [0.4, 0.5) is 0 Å². The average molecular weight is 245 g/mol. The van der Waals surface area contributed by atoms with E-state index < -0.39 is 9.05 Å². The molecule has 0 amide bonds. The van der Waals surface area contributed by atoms with Gasteiger partial charge in [0.05, 0.1) is 5.69 Å². The van der Waals surface area contributed by atoms with Gasteiger partial charge in [-0.2, -0.15) is 0 Å². The normalized spacial score (nSPS) is 12.2. The Hall–Kier alpha value is -1.07. The molecule has 0 aliphatic heterocycles. The van der Waals surface area contributed by atoms with E-state index in [2.05, 4.69) is 4.98 Å². The van der Waals surface area contributed by atoms with Gasteiger partial charge in [-0.15, -0.1) is 0 Å². The van der Waals surface area contributed by atoms with E-state index in [1.165, 1.54) is 0 Å². The average Bonchev–Trinajstić information content (AvgIpc) is 2.42. The zero-order valence-electron chi connectivity index (χ0n) is 8.23. The van der Waals surface area contributed by atoms with E-state index in [4.69, 9.17) is 10.7 Å². The van der Waals surface area contributed by atoms with Gasteiger partial charge in [-0.1, -0.05) is 0 Å². The molecule has 2 heterocycles. The SMILES string of the molecule is Cc1ccn2c(C)c(S(=O)(=O)Cl)nc2c1. The van der Waals surface area contributed by atoms with Crippen LogP contribution >= 0.6 is 10.7 Å². The van der Waals surface area contributed by atoms with Gasteiger partial charge < -0.3 is 4.40 Å². The number of aromatic nitrogens is 2. The van der Waals surface area contributed by atoms with E-state index in [0.717, 1.165) is 5.56 Å². The van der Waals surface area contributed by atoms with Crippen LogP contribution in [0, 0.1) is 13.8 Å². The lowest BCUT2D eigenvalue weighted by Gasteiger charge is -1.96. The summed E-state index contributed by atoms with van der Waals surface area (Å²) >= 11 is 0. The quantitative estimate of drug-likeness (QED) is 0.720. The Morgan fingerprint density at radius 2 is 2.07 bits per heavy atom. The predicted octanol–water partition coefficient (Wildman–Crippen LogP) is 1.88. The van der Waals surface area contributed by atoms with Crippen molar-refractivity contribution in [3.63, 3.8) is 0 Å². The first-order chi connectivity index (χ1) is 6.89. The zero-order chi connectivity index (χ0) is 11.2. The number of aryl methyl sites for hydroxylation is 2. The third kappa shape index (κ3) is 1.72. The van der Waals surface area contributed by atoms with Crippen LogP contribution in [0.5, 0.6) is 0 Å². The van der Waals surface area contributed by atoms with E-state index in [1.54, 1.807) is 23.6 Å². The third-order valence-electron chi connectivity index (χ3n) is 2.21. The van der Waals surface area contributed by atoms with E-state index in [9.17, 15) is 8.42 Å². The molecule has 0 aromatic carbocycles. The van der Waals surface area contributed by atoms with Gasteiger partial charge in [0.1, 0.15) is 5.65 Å². The van der Waals surface area contributed by atoms with Crippen LogP contribution in [0.15, 0.2) is 23.4 Å². The number of hydrogen-bond donors (Lipinski definition) is 0. The first-order valence-electron chi connectivity index (χ1n) is 4.29. The molecule has 0 aliphatic rings. The maximum absolute atomic E-state index is 11.2. The lowest BCUT2D eigenvalue weighted by Crippen LogP contribution is -1.94. The largest absolute Gasteiger partial charge is 0.303 e. The molecule has 15 heavy (non-hydrogen) atoms. The van der Waals surface area contributed by atoms with E-state index >= 15 is 0 Å². The monoisotopic (exact) mass is 244 g/mol. The van der Waals surface area contributed by atoms with E-state index in [-0.39, 0.29) is 5.03 Å². The van der Waals surface area contributed by atoms with Gasteiger partial charge in [0.15, 0.2) is 5.03 Å². The lowest BCUT2D eigenvalue weighted by atomic mass is 10.3. The van der Waals surface area contributed by atoms with Gasteiger partial charge >= 0.3 is 0 Å². The van der Waals surface area contributed by atoms with Crippen molar-refractivity contribution >= 4 is 25.4 Å². The second kappa shape index (κ2) is 3.21. The topological polar surface area (TPSA) is 51.4 Å². The Morgan fingerprint density at radius 1 is 1.40 bits per heavy atom. The molecule has 0 saturated heterocycles. The van der Waals surface area contributed by atoms with Gasteiger partial charge in [0.25, 0.3) is 9.05 Å². The van der Waals surface area contributed by atoms with Crippen LogP contribution in [-0.2, 0) is 9.05 Å². The number of fused-ring (bicyclic) bond motifs is 1. The van der Waals surface area contributed by atoms with Gasteiger partial charge in [-0.05, 0) is 31.5 Å². The Labute approximate surface area is 91.9 Å². The highest BCUT2D eigenvalue weighted by Gasteiger charge is 2.19. The molecule has 0 saturated carbocycles. The maximum Gasteiger partial charge on any atom is 0.280 e. The van der Waals surface area contributed by atoms with Gasteiger partial charge in [0, 0.05) is 16.9 Å². The van der Waals surface area contributed by atoms with Crippen molar-refractivity contribution in [2.75, 3.05) is 0 Å². The Kier molecular flexibility index (Phi) is 2.24. The van der Waals surface area contributed by atoms with Crippen molar-refractivity contribution < 1.29 is 8.42 Å². The Bertz CT molecular complexity index is 631. The fraction of sp³-hybridized carbons (Fsp3) is 0.222. The van der Waals surface area contributed by atoms with Gasteiger partial charge in [-0.3, -0.25) is 0 Å². The second-order valence-corrected chi connectivity index (χ2v) is 5.85. The molecule has 2 rings (SSSR count). The highest BCUT2D eigenvalue weighted by molar-refractivity contribution is 8.13. The summed E-state index contributed by atoms with van der Waals surface area (Å²) < 4.78 is 24.1. The first kappa shape index (κ1) is 10.4. The molecule has 0 aliphatic carbocycles. The molecule has 4 nitrogen and oxygen atoms in total. The molecular weight excluding hydrogens is 236 g/mol. The van der Waals surface area contributed by atoms with Crippen LogP contribution in [0.25, 0.3) is 5.65 Å². The summed E-state index contributed by atoms with van der Waals surface area (Å²) in [7, 11) is 1.50. The lowest BCUT2D eigenvalue weighted by molar-refractivity contribution is 0.606. The van der Waals surface area contributed by atoms with E-state index in [0.29, 0.717) is 11.3 Å². The number of imidazole rings is 1. The molecule has 0 atom stereocenters. The molecule has 0 N–H and O–H groups in total. The van der Waals surface area contributed by atoms with Crippen molar-refractivity contribution in [3.05, 3.63) is 29.6 Å². The van der Waals surface area contributed by atoms with Crippen molar-refractivity contribution in [1.29, 1.82) is 0 Å². The minimum atomic E-state index is -3.77. The molecule has 80 valence electrons. The first-order valence-corrected chi connectivity index (χ1v) is 6.60. The van der Waals surface area contributed by atoms with E-state index in [1.807, 2.05) is 13.0 Å². The number of hydrogen-bond acceptors (Lipinski definition) is 3. The van der Waals surface area contributed by atoms with Crippen LogP contribution in [0.1, 0.15) is 11.3 Å². The molecule has 2 aromatic heterocycles. The summed E-state index contributed by atoms with van der Waals surface area (Å²) in [5.41, 5.74) is 2.14. The molecule has 0 bridgehead atoms. The fourth-order valence-corrected chi connectivity index (χ4v) is 2.57. The minimum absolute atomic E-state index is 0.0743. The minimum Gasteiger partial charge on any atom is -0.303 e. The molecule has 0 radical (unpaired) electrons. The summed E-state index contributed by atoms with van der Waals surface area (Å²) in [6.07, 6.45) is 1.78. The molecule has 0 unspecified atom stereocenters. The molecule has 2 aromatic rings. The highest BCUT2D eigenvalue weighted by Crippen LogP contribution is 2.20.